The molecule has 8 heteroatoms. The van der Waals surface area contributed by atoms with Gasteiger partial charge in [-0.25, -0.2) is 9.37 Å². The van der Waals surface area contributed by atoms with Crippen LogP contribution in [0.15, 0.2) is 59.5 Å². The molecule has 6 nitrogen and oxygen atoms in total. The van der Waals surface area contributed by atoms with Crippen LogP contribution >= 0.6 is 0 Å². The van der Waals surface area contributed by atoms with Crippen LogP contribution in [0.4, 0.5) is 14.5 Å². The molecule has 2 aromatic heterocycles. The van der Waals surface area contributed by atoms with Crippen molar-refractivity contribution in [2.45, 2.75) is 13.2 Å². The Morgan fingerprint density at radius 3 is 2.71 bits per heavy atom. The molecule has 4 aromatic rings. The lowest BCUT2D eigenvalue weighted by molar-refractivity contribution is 0.288. The normalized spacial score (nSPS) is 11.1. The van der Waals surface area contributed by atoms with Crippen molar-refractivity contribution in [1.82, 2.24) is 14.5 Å². The third-order valence-corrected chi connectivity index (χ3v) is 4.27. The van der Waals surface area contributed by atoms with Gasteiger partial charge in [0.25, 0.3) is 5.56 Å². The van der Waals surface area contributed by atoms with E-state index in [-0.39, 0.29) is 41.2 Å². The lowest BCUT2D eigenvalue weighted by Gasteiger charge is -2.08. The Morgan fingerprint density at radius 1 is 1.14 bits per heavy atom. The first-order valence-corrected chi connectivity index (χ1v) is 8.51. The number of hydrogen-bond acceptors (Lipinski definition) is 4. The zero-order chi connectivity index (χ0) is 19.7. The van der Waals surface area contributed by atoms with Gasteiger partial charge in [-0.3, -0.25) is 4.79 Å². The van der Waals surface area contributed by atoms with Crippen molar-refractivity contribution >= 4 is 16.7 Å². The Bertz CT molecular complexity index is 1200. The number of H-pyrrole nitrogens is 1. The van der Waals surface area contributed by atoms with Gasteiger partial charge in [0.05, 0.1) is 17.7 Å². The molecule has 0 amide bonds. The lowest BCUT2D eigenvalue weighted by atomic mass is 10.2. The van der Waals surface area contributed by atoms with Crippen LogP contribution in [-0.2, 0) is 13.2 Å². The quantitative estimate of drug-likeness (QED) is 0.555. The number of nitrogens with one attached hydrogen (secondary N) is 1. The fourth-order valence-corrected chi connectivity index (χ4v) is 2.90. The number of rotatable bonds is 5. The molecule has 2 heterocycles. The summed E-state index contributed by atoms with van der Waals surface area (Å²) >= 11 is 0. The van der Waals surface area contributed by atoms with Gasteiger partial charge in [0.2, 0.25) is 5.82 Å². The number of halogens is 2. The molecule has 0 bridgehead atoms. The summed E-state index contributed by atoms with van der Waals surface area (Å²) in [5.41, 5.74) is 6.58. The number of nitrogens with two attached hydrogens (primary N) is 1. The fourth-order valence-electron chi connectivity index (χ4n) is 2.90. The molecule has 142 valence electrons. The third kappa shape index (κ3) is 3.32. The molecule has 0 atom stereocenters. The SMILES string of the molecule is Nc1cccn(Cc2nc3c(OCc4ccccc4)c(F)c(F)cc3[nH]2)c1=O. The second-order valence-corrected chi connectivity index (χ2v) is 6.25. The van der Waals surface area contributed by atoms with Crippen molar-refractivity contribution in [3.05, 3.63) is 88.1 Å². The zero-order valence-corrected chi connectivity index (χ0v) is 14.7. The summed E-state index contributed by atoms with van der Waals surface area (Å²) in [5, 5.41) is 0. The highest BCUT2D eigenvalue weighted by atomic mass is 19.2. The second kappa shape index (κ2) is 7.15. The number of fused-ring (bicyclic) bond motifs is 1. The molecule has 0 spiro atoms. The van der Waals surface area contributed by atoms with Crippen molar-refractivity contribution in [3.8, 4) is 5.75 Å². The highest BCUT2D eigenvalue weighted by Gasteiger charge is 2.19. The molecular weight excluding hydrogens is 366 g/mol. The topological polar surface area (TPSA) is 85.9 Å². The number of pyridine rings is 1. The molecule has 0 unspecified atom stereocenters. The lowest BCUT2D eigenvalue weighted by Crippen LogP contribution is -2.22. The summed E-state index contributed by atoms with van der Waals surface area (Å²) in [5.74, 6) is -2.09. The number of nitrogen functional groups attached to an aromatic ring is 1. The van der Waals surface area contributed by atoms with Crippen LogP contribution in [0.1, 0.15) is 11.4 Å². The molecule has 4 rings (SSSR count). The van der Waals surface area contributed by atoms with Gasteiger partial charge in [0.1, 0.15) is 17.9 Å². The van der Waals surface area contributed by atoms with E-state index in [0.717, 1.165) is 11.6 Å². The largest absolute Gasteiger partial charge is 0.483 e. The van der Waals surface area contributed by atoms with E-state index in [1.807, 2.05) is 30.3 Å². The number of nitrogens with zero attached hydrogens (tertiary/aromatic N) is 2. The van der Waals surface area contributed by atoms with Gasteiger partial charge in [0, 0.05) is 12.3 Å². The summed E-state index contributed by atoms with van der Waals surface area (Å²) in [7, 11) is 0. The van der Waals surface area contributed by atoms with E-state index in [1.165, 1.54) is 10.6 Å². The second-order valence-electron chi connectivity index (χ2n) is 6.25. The average Bonchev–Trinajstić information content (AvgIpc) is 3.08. The van der Waals surface area contributed by atoms with E-state index in [1.54, 1.807) is 12.3 Å². The average molecular weight is 382 g/mol. The minimum absolute atomic E-state index is 0.0627. The highest BCUT2D eigenvalue weighted by Crippen LogP contribution is 2.30. The Hall–Kier alpha value is -3.68. The minimum atomic E-state index is -1.11. The van der Waals surface area contributed by atoms with E-state index in [2.05, 4.69) is 9.97 Å². The number of imidazole rings is 1. The predicted octanol–water partition coefficient (Wildman–Crippen LogP) is 3.21. The van der Waals surface area contributed by atoms with Crippen molar-refractivity contribution in [1.29, 1.82) is 0 Å². The van der Waals surface area contributed by atoms with E-state index in [0.29, 0.717) is 5.82 Å². The molecule has 0 fully saturated rings. The Kier molecular flexibility index (Phi) is 4.52. The smallest absolute Gasteiger partial charge is 0.274 e. The standard InChI is InChI=1S/C20H16F2N4O2/c21-13-9-15-18(19(17(13)22)28-11-12-5-2-1-3-6-12)25-16(24-15)10-26-8-4-7-14(23)20(26)27/h1-9H,10-11,23H2,(H,24,25). The maximum absolute atomic E-state index is 14.4. The minimum Gasteiger partial charge on any atom is -0.483 e. The summed E-state index contributed by atoms with van der Waals surface area (Å²) in [6.07, 6.45) is 1.56. The van der Waals surface area contributed by atoms with Gasteiger partial charge in [-0.1, -0.05) is 30.3 Å². The van der Waals surface area contributed by atoms with E-state index in [9.17, 15) is 13.6 Å². The molecule has 0 saturated heterocycles. The van der Waals surface area contributed by atoms with Crippen molar-refractivity contribution < 1.29 is 13.5 Å². The Labute approximate surface area is 158 Å². The molecule has 0 radical (unpaired) electrons. The number of anilines is 1. The maximum Gasteiger partial charge on any atom is 0.274 e. The maximum atomic E-state index is 14.4. The van der Waals surface area contributed by atoms with Gasteiger partial charge in [-0.2, -0.15) is 4.39 Å². The summed E-state index contributed by atoms with van der Waals surface area (Å²) in [6, 6.07) is 13.3. The molecular formula is C20H16F2N4O2. The molecule has 0 aliphatic heterocycles. The van der Waals surface area contributed by atoms with Crippen LogP contribution in [0.5, 0.6) is 5.75 Å². The predicted molar refractivity (Wildman–Crippen MR) is 101 cm³/mol. The monoisotopic (exact) mass is 382 g/mol. The molecule has 0 aliphatic rings. The van der Waals surface area contributed by atoms with E-state index in [4.69, 9.17) is 10.5 Å². The summed E-state index contributed by atoms with van der Waals surface area (Å²) in [6.45, 7) is 0.132. The van der Waals surface area contributed by atoms with Gasteiger partial charge in [0.15, 0.2) is 11.6 Å². The van der Waals surface area contributed by atoms with Gasteiger partial charge < -0.3 is 20.0 Å². The summed E-state index contributed by atoms with van der Waals surface area (Å²) in [4.78, 5) is 19.3. The Balaban J connectivity index is 1.70. The van der Waals surface area contributed by atoms with Crippen LogP contribution in [-0.4, -0.2) is 14.5 Å². The number of aromatic amines is 1. The van der Waals surface area contributed by atoms with Crippen molar-refractivity contribution in [3.63, 3.8) is 0 Å². The molecule has 28 heavy (non-hydrogen) atoms. The van der Waals surface area contributed by atoms with Gasteiger partial charge in [-0.05, 0) is 17.7 Å². The number of ether oxygens (including phenoxy) is 1. The number of aromatic nitrogens is 3. The molecule has 0 aliphatic carbocycles. The molecule has 3 N–H and O–H groups in total. The first-order chi connectivity index (χ1) is 13.5. The van der Waals surface area contributed by atoms with E-state index < -0.39 is 11.6 Å². The molecule has 2 aromatic carbocycles. The van der Waals surface area contributed by atoms with Crippen LogP contribution in [0.25, 0.3) is 11.0 Å². The summed E-state index contributed by atoms with van der Waals surface area (Å²) < 4.78 is 35.3. The Morgan fingerprint density at radius 2 is 1.93 bits per heavy atom. The number of benzene rings is 2. The van der Waals surface area contributed by atoms with Gasteiger partial charge >= 0.3 is 0 Å². The zero-order valence-electron chi connectivity index (χ0n) is 14.7. The number of hydrogen-bond donors (Lipinski definition) is 2. The highest BCUT2D eigenvalue weighted by molar-refractivity contribution is 5.82. The van der Waals surface area contributed by atoms with Crippen LogP contribution < -0.4 is 16.0 Å². The van der Waals surface area contributed by atoms with Crippen molar-refractivity contribution in [2.75, 3.05) is 5.73 Å². The molecule has 0 saturated carbocycles. The van der Waals surface area contributed by atoms with E-state index >= 15 is 0 Å². The van der Waals surface area contributed by atoms with Crippen LogP contribution in [0.3, 0.4) is 0 Å². The van der Waals surface area contributed by atoms with Crippen LogP contribution in [0.2, 0.25) is 0 Å². The van der Waals surface area contributed by atoms with Crippen LogP contribution in [0, 0.1) is 11.6 Å². The first-order valence-electron chi connectivity index (χ1n) is 8.51. The first kappa shape index (κ1) is 17.7. The van der Waals surface area contributed by atoms with Crippen molar-refractivity contribution in [2.24, 2.45) is 0 Å². The van der Waals surface area contributed by atoms with Gasteiger partial charge in [-0.15, -0.1) is 0 Å². The third-order valence-electron chi connectivity index (χ3n) is 4.27. The fraction of sp³-hybridized carbons (Fsp3) is 0.100.